The number of hydrogen-bond acceptors (Lipinski definition) is 2. The van der Waals surface area contributed by atoms with Crippen molar-refractivity contribution in [3.05, 3.63) is 35.9 Å². The fraction of sp³-hybridized carbons (Fsp3) is 0.571. The van der Waals surface area contributed by atoms with Gasteiger partial charge in [0.25, 0.3) is 0 Å². The lowest BCUT2D eigenvalue weighted by molar-refractivity contribution is 0.0333. The third kappa shape index (κ3) is 3.98. The first-order valence-corrected chi connectivity index (χ1v) is 6.85. The molecule has 1 fully saturated rings. The normalized spacial score (nSPS) is 17.5. The number of ether oxygens (including phenoxy) is 1. The van der Waals surface area contributed by atoms with E-state index in [1.54, 1.807) is 0 Å². The fourth-order valence-electron chi connectivity index (χ4n) is 2.37. The summed E-state index contributed by atoms with van der Waals surface area (Å²) in [6, 6.07) is 11.2. The molecule has 1 saturated heterocycles. The number of nitrogens with zero attached hydrogens (tertiary/aromatic N) is 1. The van der Waals surface area contributed by atoms with E-state index in [-0.39, 0.29) is 0 Å². The molecule has 0 unspecified atom stereocenters. The van der Waals surface area contributed by atoms with Gasteiger partial charge in [-0.3, -0.25) is 4.90 Å². The van der Waals surface area contributed by atoms with Crippen molar-refractivity contribution >= 4 is 11.6 Å². The lowest BCUT2D eigenvalue weighted by atomic mass is 10.1. The Balaban J connectivity index is 1.96. The van der Waals surface area contributed by atoms with Crippen molar-refractivity contribution in [1.29, 1.82) is 0 Å². The molecular formula is C14H20ClNO. The van der Waals surface area contributed by atoms with Crippen LogP contribution in [0.4, 0.5) is 0 Å². The number of hydrogen-bond donors (Lipinski definition) is 0. The SMILES string of the molecule is ClCCN(Cc1ccccc1)C1CCOCC1. The van der Waals surface area contributed by atoms with Crippen molar-refractivity contribution < 1.29 is 4.74 Å². The molecule has 0 aliphatic carbocycles. The van der Waals surface area contributed by atoms with Crippen LogP contribution in [0.3, 0.4) is 0 Å². The largest absolute Gasteiger partial charge is 0.381 e. The molecule has 1 aliphatic rings. The third-order valence-corrected chi connectivity index (χ3v) is 3.48. The summed E-state index contributed by atoms with van der Waals surface area (Å²) in [6.45, 7) is 3.73. The van der Waals surface area contributed by atoms with E-state index >= 15 is 0 Å². The number of benzene rings is 1. The fourth-order valence-corrected chi connectivity index (χ4v) is 2.58. The monoisotopic (exact) mass is 253 g/mol. The molecule has 2 nitrogen and oxygen atoms in total. The zero-order valence-corrected chi connectivity index (χ0v) is 10.9. The second-order valence-electron chi connectivity index (χ2n) is 4.49. The van der Waals surface area contributed by atoms with Gasteiger partial charge in [-0.1, -0.05) is 30.3 Å². The predicted molar refractivity (Wildman–Crippen MR) is 71.4 cm³/mol. The molecule has 0 spiro atoms. The zero-order valence-electron chi connectivity index (χ0n) is 10.1. The Kier molecular flexibility index (Phi) is 5.30. The van der Waals surface area contributed by atoms with Crippen LogP contribution in [-0.4, -0.2) is 36.6 Å². The Morgan fingerprint density at radius 2 is 1.88 bits per heavy atom. The lowest BCUT2D eigenvalue weighted by Gasteiger charge is -2.33. The molecule has 0 atom stereocenters. The summed E-state index contributed by atoms with van der Waals surface area (Å²) in [5.74, 6) is 0.699. The van der Waals surface area contributed by atoms with Crippen molar-refractivity contribution in [3.63, 3.8) is 0 Å². The molecule has 1 aromatic rings. The number of rotatable bonds is 5. The van der Waals surface area contributed by atoms with Crippen LogP contribution in [0.15, 0.2) is 30.3 Å². The van der Waals surface area contributed by atoms with Gasteiger partial charge in [-0.05, 0) is 18.4 Å². The minimum atomic E-state index is 0.628. The smallest absolute Gasteiger partial charge is 0.0480 e. The molecule has 0 aromatic heterocycles. The highest BCUT2D eigenvalue weighted by Crippen LogP contribution is 2.17. The van der Waals surface area contributed by atoms with Gasteiger partial charge in [0.2, 0.25) is 0 Å². The minimum Gasteiger partial charge on any atom is -0.381 e. The standard InChI is InChI=1S/C14H20ClNO/c15-8-9-16(14-6-10-17-11-7-14)12-13-4-2-1-3-5-13/h1-5,14H,6-12H2. The highest BCUT2D eigenvalue weighted by molar-refractivity contribution is 6.18. The van der Waals surface area contributed by atoms with Crippen LogP contribution in [-0.2, 0) is 11.3 Å². The molecule has 0 radical (unpaired) electrons. The van der Waals surface area contributed by atoms with E-state index < -0.39 is 0 Å². The first-order valence-electron chi connectivity index (χ1n) is 6.32. The summed E-state index contributed by atoms with van der Waals surface area (Å²) >= 11 is 5.91. The Bertz CT molecular complexity index is 311. The third-order valence-electron chi connectivity index (χ3n) is 3.31. The average Bonchev–Trinajstić information content (AvgIpc) is 2.40. The van der Waals surface area contributed by atoms with Gasteiger partial charge in [-0.15, -0.1) is 11.6 Å². The first-order chi connectivity index (χ1) is 8.40. The van der Waals surface area contributed by atoms with Gasteiger partial charge in [-0.2, -0.15) is 0 Å². The molecule has 2 rings (SSSR count). The second-order valence-corrected chi connectivity index (χ2v) is 4.87. The van der Waals surface area contributed by atoms with E-state index in [0.29, 0.717) is 11.9 Å². The zero-order chi connectivity index (χ0) is 11.9. The molecule has 1 aromatic carbocycles. The molecule has 0 N–H and O–H groups in total. The average molecular weight is 254 g/mol. The predicted octanol–water partition coefficient (Wildman–Crippen LogP) is 2.91. The van der Waals surface area contributed by atoms with Gasteiger partial charge in [0.15, 0.2) is 0 Å². The van der Waals surface area contributed by atoms with E-state index in [1.165, 1.54) is 5.56 Å². The van der Waals surface area contributed by atoms with Gasteiger partial charge in [0.1, 0.15) is 0 Å². The Morgan fingerprint density at radius 1 is 1.18 bits per heavy atom. The van der Waals surface area contributed by atoms with E-state index in [1.807, 2.05) is 0 Å². The van der Waals surface area contributed by atoms with Crippen LogP contribution in [0.5, 0.6) is 0 Å². The van der Waals surface area contributed by atoms with Crippen molar-refractivity contribution in [1.82, 2.24) is 4.90 Å². The highest BCUT2D eigenvalue weighted by atomic mass is 35.5. The van der Waals surface area contributed by atoms with Gasteiger partial charge in [-0.25, -0.2) is 0 Å². The molecular weight excluding hydrogens is 234 g/mol. The molecule has 94 valence electrons. The second kappa shape index (κ2) is 7.00. The number of alkyl halides is 1. The van der Waals surface area contributed by atoms with E-state index in [4.69, 9.17) is 16.3 Å². The Labute approximate surface area is 109 Å². The minimum absolute atomic E-state index is 0.628. The van der Waals surface area contributed by atoms with Crippen LogP contribution in [0.1, 0.15) is 18.4 Å². The summed E-state index contributed by atoms with van der Waals surface area (Å²) in [7, 11) is 0. The first kappa shape index (κ1) is 12.9. The van der Waals surface area contributed by atoms with Gasteiger partial charge in [0, 0.05) is 38.2 Å². The van der Waals surface area contributed by atoms with Crippen molar-refractivity contribution in [2.75, 3.05) is 25.6 Å². The molecule has 0 bridgehead atoms. The molecule has 1 aliphatic heterocycles. The highest BCUT2D eigenvalue weighted by Gasteiger charge is 2.20. The maximum absolute atomic E-state index is 5.91. The van der Waals surface area contributed by atoms with Crippen LogP contribution in [0.2, 0.25) is 0 Å². The number of halogens is 1. The molecule has 17 heavy (non-hydrogen) atoms. The van der Waals surface area contributed by atoms with Gasteiger partial charge >= 0.3 is 0 Å². The van der Waals surface area contributed by atoms with Gasteiger partial charge < -0.3 is 4.74 Å². The van der Waals surface area contributed by atoms with Crippen LogP contribution < -0.4 is 0 Å². The molecule has 0 amide bonds. The summed E-state index contributed by atoms with van der Waals surface area (Å²) in [6.07, 6.45) is 2.26. The quantitative estimate of drug-likeness (QED) is 0.749. The lowest BCUT2D eigenvalue weighted by Crippen LogP contribution is -2.40. The van der Waals surface area contributed by atoms with Crippen molar-refractivity contribution in [2.45, 2.75) is 25.4 Å². The summed E-state index contributed by atoms with van der Waals surface area (Å²) in [4.78, 5) is 2.49. The van der Waals surface area contributed by atoms with Crippen LogP contribution in [0.25, 0.3) is 0 Å². The summed E-state index contributed by atoms with van der Waals surface area (Å²) in [5, 5.41) is 0. The van der Waals surface area contributed by atoms with Crippen LogP contribution in [0, 0.1) is 0 Å². The van der Waals surface area contributed by atoms with E-state index in [9.17, 15) is 0 Å². The van der Waals surface area contributed by atoms with Gasteiger partial charge in [0.05, 0.1) is 0 Å². The maximum atomic E-state index is 5.91. The Morgan fingerprint density at radius 3 is 2.53 bits per heavy atom. The topological polar surface area (TPSA) is 12.5 Å². The molecule has 3 heteroatoms. The van der Waals surface area contributed by atoms with Crippen molar-refractivity contribution in [3.8, 4) is 0 Å². The maximum Gasteiger partial charge on any atom is 0.0480 e. The molecule has 0 saturated carbocycles. The Hall–Kier alpha value is -0.570. The molecule has 1 heterocycles. The van der Waals surface area contributed by atoms with E-state index in [0.717, 1.165) is 39.1 Å². The summed E-state index contributed by atoms with van der Waals surface area (Å²) in [5.41, 5.74) is 1.36. The van der Waals surface area contributed by atoms with Crippen LogP contribution >= 0.6 is 11.6 Å². The van der Waals surface area contributed by atoms with Crippen molar-refractivity contribution in [2.24, 2.45) is 0 Å². The van der Waals surface area contributed by atoms with E-state index in [2.05, 4.69) is 35.2 Å². The summed E-state index contributed by atoms with van der Waals surface area (Å²) < 4.78 is 5.42.